The molecule has 0 saturated carbocycles. The van der Waals surface area contributed by atoms with Crippen LogP contribution in [0.2, 0.25) is 0 Å². The van der Waals surface area contributed by atoms with Crippen molar-refractivity contribution in [1.29, 1.82) is 0 Å². The predicted octanol–water partition coefficient (Wildman–Crippen LogP) is 2.26. The lowest BCUT2D eigenvalue weighted by Crippen LogP contribution is -2.09. The maximum atomic E-state index is 5.81. The van der Waals surface area contributed by atoms with Gasteiger partial charge in [-0.3, -0.25) is 0 Å². The number of benzene rings is 1. The number of aromatic nitrogens is 4. The second-order valence-electron chi connectivity index (χ2n) is 4.53. The van der Waals surface area contributed by atoms with Crippen LogP contribution in [-0.2, 0) is 6.42 Å². The van der Waals surface area contributed by atoms with Crippen LogP contribution in [0.5, 0.6) is 5.75 Å². The van der Waals surface area contributed by atoms with Crippen LogP contribution < -0.4 is 4.74 Å². The Bertz CT molecular complexity index is 507. The molecule has 18 heavy (non-hydrogen) atoms. The predicted molar refractivity (Wildman–Crippen MR) is 68.9 cm³/mol. The van der Waals surface area contributed by atoms with E-state index in [1.54, 1.807) is 4.68 Å². The molecule has 0 aliphatic rings. The average molecular weight is 246 g/mol. The van der Waals surface area contributed by atoms with Crippen molar-refractivity contribution in [2.45, 2.75) is 27.2 Å². The maximum Gasteiger partial charge on any atom is 0.156 e. The number of hydrogen-bond acceptors (Lipinski definition) is 4. The van der Waals surface area contributed by atoms with Crippen molar-refractivity contribution in [1.82, 2.24) is 20.2 Å². The van der Waals surface area contributed by atoms with E-state index in [1.165, 1.54) is 0 Å². The summed E-state index contributed by atoms with van der Waals surface area (Å²) in [5.41, 5.74) is 0.889. The molecule has 0 unspecified atom stereocenters. The van der Waals surface area contributed by atoms with Gasteiger partial charge >= 0.3 is 0 Å². The molecule has 2 rings (SSSR count). The summed E-state index contributed by atoms with van der Waals surface area (Å²) < 4.78 is 7.54. The zero-order valence-electron chi connectivity index (χ0n) is 11.0. The molecule has 0 atom stereocenters. The quantitative estimate of drug-likeness (QED) is 0.812. The molecular formula is C13H18N4O. The van der Waals surface area contributed by atoms with Crippen molar-refractivity contribution in [3.63, 3.8) is 0 Å². The minimum absolute atomic E-state index is 0.484. The van der Waals surface area contributed by atoms with Gasteiger partial charge in [-0.2, -0.15) is 4.68 Å². The fourth-order valence-corrected chi connectivity index (χ4v) is 1.62. The summed E-state index contributed by atoms with van der Waals surface area (Å²) in [6.07, 6.45) is 0.783. The van der Waals surface area contributed by atoms with Gasteiger partial charge in [-0.15, -0.1) is 5.10 Å². The van der Waals surface area contributed by atoms with Crippen LogP contribution in [0.3, 0.4) is 0 Å². The molecule has 0 N–H and O–H groups in total. The molecule has 1 heterocycles. The van der Waals surface area contributed by atoms with Crippen molar-refractivity contribution >= 4 is 0 Å². The first-order valence-corrected chi connectivity index (χ1v) is 6.21. The van der Waals surface area contributed by atoms with Crippen molar-refractivity contribution in [2.75, 3.05) is 6.61 Å². The van der Waals surface area contributed by atoms with Gasteiger partial charge < -0.3 is 4.74 Å². The lowest BCUT2D eigenvalue weighted by Gasteiger charge is -2.13. The fourth-order valence-electron chi connectivity index (χ4n) is 1.62. The number of rotatable bonds is 5. The van der Waals surface area contributed by atoms with E-state index >= 15 is 0 Å². The van der Waals surface area contributed by atoms with E-state index < -0.39 is 0 Å². The Kier molecular flexibility index (Phi) is 3.92. The molecule has 0 bridgehead atoms. The van der Waals surface area contributed by atoms with Crippen molar-refractivity contribution in [3.05, 3.63) is 30.1 Å². The van der Waals surface area contributed by atoms with E-state index in [9.17, 15) is 0 Å². The van der Waals surface area contributed by atoms with Crippen molar-refractivity contribution in [3.8, 4) is 11.4 Å². The van der Waals surface area contributed by atoms with Gasteiger partial charge in [0.15, 0.2) is 5.82 Å². The van der Waals surface area contributed by atoms with Crippen molar-refractivity contribution in [2.24, 2.45) is 5.92 Å². The molecule has 1 aromatic heterocycles. The number of aryl methyl sites for hydroxylation is 1. The Labute approximate surface area is 107 Å². The zero-order valence-corrected chi connectivity index (χ0v) is 11.0. The molecule has 5 heteroatoms. The average Bonchev–Trinajstić information content (AvgIpc) is 2.84. The van der Waals surface area contributed by atoms with Crippen LogP contribution in [-0.4, -0.2) is 26.8 Å². The lowest BCUT2D eigenvalue weighted by molar-refractivity contribution is 0.270. The van der Waals surface area contributed by atoms with Crippen LogP contribution in [0.15, 0.2) is 24.3 Å². The molecule has 0 aliphatic carbocycles. The van der Waals surface area contributed by atoms with Crippen LogP contribution >= 0.6 is 0 Å². The largest absolute Gasteiger partial charge is 0.491 e. The highest BCUT2D eigenvalue weighted by atomic mass is 16.5. The maximum absolute atomic E-state index is 5.81. The van der Waals surface area contributed by atoms with Gasteiger partial charge in [0.05, 0.1) is 6.61 Å². The summed E-state index contributed by atoms with van der Waals surface area (Å²) in [7, 11) is 0. The molecule has 0 radical (unpaired) electrons. The van der Waals surface area contributed by atoms with E-state index in [0.717, 1.165) is 23.7 Å². The Morgan fingerprint density at radius 2 is 2.06 bits per heavy atom. The van der Waals surface area contributed by atoms with Crippen LogP contribution in [0.4, 0.5) is 0 Å². The number of ether oxygens (including phenoxy) is 1. The molecule has 0 aliphatic heterocycles. The fraction of sp³-hybridized carbons (Fsp3) is 0.462. The van der Waals surface area contributed by atoms with Crippen LogP contribution in [0, 0.1) is 5.92 Å². The van der Waals surface area contributed by atoms with Gasteiger partial charge in [-0.1, -0.05) is 32.9 Å². The third kappa shape index (κ3) is 2.67. The Morgan fingerprint density at radius 1 is 1.28 bits per heavy atom. The molecule has 1 aromatic carbocycles. The standard InChI is InChI=1S/C13H18N4O/c1-4-13-14-15-16-17(13)11-7-5-6-8-12(11)18-9-10(2)3/h5-8,10H,4,9H2,1-3H3. The lowest BCUT2D eigenvalue weighted by atomic mass is 10.2. The monoisotopic (exact) mass is 246 g/mol. The summed E-state index contributed by atoms with van der Waals surface area (Å²) in [5, 5.41) is 11.7. The second-order valence-corrected chi connectivity index (χ2v) is 4.53. The zero-order chi connectivity index (χ0) is 13.0. The summed E-state index contributed by atoms with van der Waals surface area (Å²) in [6, 6.07) is 7.82. The second kappa shape index (κ2) is 5.62. The van der Waals surface area contributed by atoms with Gasteiger partial charge in [0.25, 0.3) is 0 Å². The van der Waals surface area contributed by atoms with E-state index in [-0.39, 0.29) is 0 Å². The van der Waals surface area contributed by atoms with E-state index in [0.29, 0.717) is 12.5 Å². The van der Waals surface area contributed by atoms with E-state index in [2.05, 4.69) is 29.4 Å². The van der Waals surface area contributed by atoms with Gasteiger partial charge in [0, 0.05) is 6.42 Å². The summed E-state index contributed by atoms with van der Waals surface area (Å²) in [6.45, 7) is 6.95. The number of tetrazole rings is 1. The Balaban J connectivity index is 2.32. The summed E-state index contributed by atoms with van der Waals surface area (Å²) in [4.78, 5) is 0. The highest BCUT2D eigenvalue weighted by Crippen LogP contribution is 2.23. The van der Waals surface area contributed by atoms with E-state index in [1.807, 2.05) is 31.2 Å². The van der Waals surface area contributed by atoms with Crippen LogP contribution in [0.25, 0.3) is 5.69 Å². The van der Waals surface area contributed by atoms with E-state index in [4.69, 9.17) is 4.74 Å². The molecule has 2 aromatic rings. The summed E-state index contributed by atoms with van der Waals surface area (Å²) in [5.74, 6) is 2.13. The topological polar surface area (TPSA) is 52.8 Å². The van der Waals surface area contributed by atoms with Crippen LogP contribution in [0.1, 0.15) is 26.6 Å². The molecule has 0 saturated heterocycles. The van der Waals surface area contributed by atoms with Gasteiger partial charge in [-0.05, 0) is 28.5 Å². The number of para-hydroxylation sites is 2. The molecule has 0 fully saturated rings. The minimum atomic E-state index is 0.484. The molecule has 0 amide bonds. The highest BCUT2D eigenvalue weighted by molar-refractivity contribution is 5.46. The molecular weight excluding hydrogens is 228 g/mol. The first kappa shape index (κ1) is 12.5. The highest BCUT2D eigenvalue weighted by Gasteiger charge is 2.11. The smallest absolute Gasteiger partial charge is 0.156 e. The minimum Gasteiger partial charge on any atom is -0.491 e. The SMILES string of the molecule is CCc1nnnn1-c1ccccc1OCC(C)C. The third-order valence-corrected chi connectivity index (χ3v) is 2.52. The summed E-state index contributed by atoms with van der Waals surface area (Å²) >= 11 is 0. The first-order chi connectivity index (χ1) is 8.72. The normalized spacial score (nSPS) is 10.9. The Morgan fingerprint density at radius 3 is 2.78 bits per heavy atom. The molecule has 0 spiro atoms. The third-order valence-electron chi connectivity index (χ3n) is 2.52. The van der Waals surface area contributed by atoms with Gasteiger partial charge in [0.1, 0.15) is 11.4 Å². The number of hydrogen-bond donors (Lipinski definition) is 0. The molecule has 5 nitrogen and oxygen atoms in total. The van der Waals surface area contributed by atoms with Crippen molar-refractivity contribution < 1.29 is 4.74 Å². The first-order valence-electron chi connectivity index (χ1n) is 6.21. The molecule has 96 valence electrons. The Hall–Kier alpha value is -1.91. The van der Waals surface area contributed by atoms with Gasteiger partial charge in [0.2, 0.25) is 0 Å². The number of nitrogens with zero attached hydrogens (tertiary/aromatic N) is 4. The van der Waals surface area contributed by atoms with Gasteiger partial charge in [-0.25, -0.2) is 0 Å².